The molecule has 1 heterocycles. The average Bonchev–Trinajstić information content (AvgIpc) is 2.76. The summed E-state index contributed by atoms with van der Waals surface area (Å²) in [5, 5.41) is 2.13. The number of thioether (sulfide) groups is 1. The van der Waals surface area contributed by atoms with Crippen molar-refractivity contribution < 1.29 is 0 Å². The highest BCUT2D eigenvalue weighted by Gasteiger charge is 2.03. The van der Waals surface area contributed by atoms with Crippen molar-refractivity contribution in [3.05, 3.63) is 35.7 Å². The van der Waals surface area contributed by atoms with E-state index in [-0.39, 0.29) is 0 Å². The lowest BCUT2D eigenvalue weighted by Gasteiger charge is -1.94. The van der Waals surface area contributed by atoms with Crippen LogP contribution in [0.2, 0.25) is 0 Å². The third kappa shape index (κ3) is 2.83. The largest absolute Gasteiger partial charge is 0.230 e. The molecule has 0 spiro atoms. The first kappa shape index (κ1) is 10.7. The van der Waals surface area contributed by atoms with Gasteiger partial charge in [-0.05, 0) is 6.42 Å². The molecule has 0 unspecified atom stereocenters. The normalized spacial score (nSPS) is 10.5. The maximum atomic E-state index is 4.60. The predicted molar refractivity (Wildman–Crippen MR) is 68.6 cm³/mol. The van der Waals surface area contributed by atoms with Crippen LogP contribution in [0.5, 0.6) is 0 Å². The van der Waals surface area contributed by atoms with Gasteiger partial charge in [-0.2, -0.15) is 0 Å². The zero-order valence-corrected chi connectivity index (χ0v) is 10.3. The van der Waals surface area contributed by atoms with Gasteiger partial charge in [-0.25, -0.2) is 4.98 Å². The average molecular weight is 235 g/mol. The van der Waals surface area contributed by atoms with E-state index in [0.717, 1.165) is 11.4 Å². The number of thiazole rings is 1. The molecule has 0 saturated heterocycles. The van der Waals surface area contributed by atoms with Crippen molar-refractivity contribution in [3.63, 3.8) is 0 Å². The lowest BCUT2D eigenvalue weighted by molar-refractivity contribution is 1.10. The minimum atomic E-state index is 1.10. The molecule has 2 rings (SSSR count). The Balaban J connectivity index is 2.14. The van der Waals surface area contributed by atoms with E-state index in [1.165, 1.54) is 16.3 Å². The van der Waals surface area contributed by atoms with Gasteiger partial charge in [0.2, 0.25) is 0 Å². The Morgan fingerprint density at radius 3 is 2.80 bits per heavy atom. The Kier molecular flexibility index (Phi) is 3.80. The first-order valence-electron chi connectivity index (χ1n) is 5.04. The summed E-state index contributed by atoms with van der Waals surface area (Å²) in [6, 6.07) is 10.3. The Morgan fingerprint density at radius 1 is 1.27 bits per heavy atom. The molecule has 0 aliphatic rings. The van der Waals surface area contributed by atoms with Crippen LogP contribution >= 0.6 is 23.1 Å². The van der Waals surface area contributed by atoms with E-state index >= 15 is 0 Å². The Morgan fingerprint density at radius 2 is 2.07 bits per heavy atom. The molecule has 2 aromatic rings. The standard InChI is InChI=1S/C12H13NS2/c1-2-8-14-12-13-11(9-15-12)10-6-4-3-5-7-10/h3-7,9H,2,8H2,1H3. The van der Waals surface area contributed by atoms with Crippen molar-refractivity contribution in [2.45, 2.75) is 17.7 Å². The minimum absolute atomic E-state index is 1.10. The van der Waals surface area contributed by atoms with Crippen LogP contribution in [-0.2, 0) is 0 Å². The van der Waals surface area contributed by atoms with Crippen LogP contribution in [0.4, 0.5) is 0 Å². The van der Waals surface area contributed by atoms with Gasteiger partial charge < -0.3 is 0 Å². The monoisotopic (exact) mass is 235 g/mol. The molecule has 3 heteroatoms. The molecule has 0 fully saturated rings. The smallest absolute Gasteiger partial charge is 0.150 e. The topological polar surface area (TPSA) is 12.9 Å². The molecular formula is C12H13NS2. The highest BCUT2D eigenvalue weighted by molar-refractivity contribution is 8.01. The molecule has 1 nitrogen and oxygen atoms in total. The third-order valence-electron chi connectivity index (χ3n) is 1.98. The van der Waals surface area contributed by atoms with Crippen LogP contribution < -0.4 is 0 Å². The van der Waals surface area contributed by atoms with E-state index in [2.05, 4.69) is 29.4 Å². The van der Waals surface area contributed by atoms with Crippen LogP contribution in [0.15, 0.2) is 40.1 Å². The number of aromatic nitrogens is 1. The summed E-state index contributed by atoms with van der Waals surface area (Å²) >= 11 is 3.58. The van der Waals surface area contributed by atoms with Gasteiger partial charge in [-0.1, -0.05) is 49.0 Å². The van der Waals surface area contributed by atoms with Gasteiger partial charge in [0.1, 0.15) is 0 Å². The fourth-order valence-electron chi connectivity index (χ4n) is 1.25. The van der Waals surface area contributed by atoms with E-state index in [9.17, 15) is 0 Å². The van der Waals surface area contributed by atoms with Crippen LogP contribution in [0.25, 0.3) is 11.3 Å². The Bertz CT molecular complexity index is 409. The molecule has 0 N–H and O–H groups in total. The molecule has 0 saturated carbocycles. The molecule has 15 heavy (non-hydrogen) atoms. The van der Waals surface area contributed by atoms with E-state index in [1.54, 1.807) is 11.3 Å². The number of nitrogens with zero attached hydrogens (tertiary/aromatic N) is 1. The first-order valence-corrected chi connectivity index (χ1v) is 6.90. The second-order valence-electron chi connectivity index (χ2n) is 3.21. The second-order valence-corrected chi connectivity index (χ2v) is 5.41. The summed E-state index contributed by atoms with van der Waals surface area (Å²) in [5.74, 6) is 1.15. The number of hydrogen-bond acceptors (Lipinski definition) is 3. The Hall–Kier alpha value is -0.800. The fourth-order valence-corrected chi connectivity index (χ4v) is 3.01. The second kappa shape index (κ2) is 5.33. The number of hydrogen-bond donors (Lipinski definition) is 0. The lowest BCUT2D eigenvalue weighted by Crippen LogP contribution is -1.77. The quantitative estimate of drug-likeness (QED) is 0.732. The maximum Gasteiger partial charge on any atom is 0.150 e. The van der Waals surface area contributed by atoms with Crippen LogP contribution in [0.1, 0.15) is 13.3 Å². The van der Waals surface area contributed by atoms with Crippen LogP contribution in [0, 0.1) is 0 Å². The molecule has 78 valence electrons. The third-order valence-corrected chi connectivity index (χ3v) is 4.21. The summed E-state index contributed by atoms with van der Waals surface area (Å²) in [4.78, 5) is 4.60. The minimum Gasteiger partial charge on any atom is -0.230 e. The van der Waals surface area contributed by atoms with Crippen LogP contribution in [0.3, 0.4) is 0 Å². The molecule has 0 atom stereocenters. The van der Waals surface area contributed by atoms with E-state index in [0.29, 0.717) is 0 Å². The molecule has 1 aromatic heterocycles. The van der Waals surface area contributed by atoms with Gasteiger partial charge in [-0.15, -0.1) is 11.3 Å². The van der Waals surface area contributed by atoms with Gasteiger partial charge >= 0.3 is 0 Å². The highest BCUT2D eigenvalue weighted by Crippen LogP contribution is 2.28. The van der Waals surface area contributed by atoms with E-state index < -0.39 is 0 Å². The molecule has 0 aliphatic heterocycles. The molecule has 0 aliphatic carbocycles. The number of rotatable bonds is 4. The molecule has 0 radical (unpaired) electrons. The molecule has 0 bridgehead atoms. The van der Waals surface area contributed by atoms with E-state index in [1.807, 2.05) is 30.0 Å². The van der Waals surface area contributed by atoms with Crippen molar-refractivity contribution in [2.75, 3.05) is 5.75 Å². The SMILES string of the molecule is CCCSc1nc(-c2ccccc2)cs1. The molecular weight excluding hydrogens is 222 g/mol. The number of benzene rings is 1. The fraction of sp³-hybridized carbons (Fsp3) is 0.250. The summed E-state index contributed by atoms with van der Waals surface area (Å²) in [7, 11) is 0. The van der Waals surface area contributed by atoms with Crippen molar-refractivity contribution in [1.29, 1.82) is 0 Å². The van der Waals surface area contributed by atoms with Crippen LogP contribution in [-0.4, -0.2) is 10.7 Å². The van der Waals surface area contributed by atoms with E-state index in [4.69, 9.17) is 0 Å². The summed E-state index contributed by atoms with van der Waals surface area (Å²) in [6.45, 7) is 2.19. The van der Waals surface area contributed by atoms with Gasteiger partial charge in [0, 0.05) is 16.7 Å². The van der Waals surface area contributed by atoms with Gasteiger partial charge in [0.15, 0.2) is 4.34 Å². The zero-order chi connectivity index (χ0) is 10.5. The van der Waals surface area contributed by atoms with Crippen molar-refractivity contribution >= 4 is 23.1 Å². The Labute approximate surface area is 98.6 Å². The van der Waals surface area contributed by atoms with Gasteiger partial charge in [-0.3, -0.25) is 0 Å². The first-order chi connectivity index (χ1) is 7.40. The van der Waals surface area contributed by atoms with Crippen molar-refractivity contribution in [1.82, 2.24) is 4.98 Å². The maximum absolute atomic E-state index is 4.60. The zero-order valence-electron chi connectivity index (χ0n) is 8.64. The summed E-state index contributed by atoms with van der Waals surface area (Å²) in [6.07, 6.45) is 1.20. The molecule has 1 aromatic carbocycles. The predicted octanol–water partition coefficient (Wildman–Crippen LogP) is 4.31. The lowest BCUT2D eigenvalue weighted by atomic mass is 10.2. The van der Waals surface area contributed by atoms with Crippen molar-refractivity contribution in [3.8, 4) is 11.3 Å². The molecule has 0 amide bonds. The van der Waals surface area contributed by atoms with Gasteiger partial charge in [0.05, 0.1) is 5.69 Å². The van der Waals surface area contributed by atoms with Gasteiger partial charge in [0.25, 0.3) is 0 Å². The summed E-state index contributed by atoms with van der Waals surface area (Å²) in [5.41, 5.74) is 2.30. The van der Waals surface area contributed by atoms with Crippen molar-refractivity contribution in [2.24, 2.45) is 0 Å². The highest BCUT2D eigenvalue weighted by atomic mass is 32.2. The summed E-state index contributed by atoms with van der Waals surface area (Å²) < 4.78 is 1.18.